The number of aromatic nitrogens is 4. The zero-order valence-electron chi connectivity index (χ0n) is 16.9. The molecule has 0 spiro atoms. The number of ether oxygens (including phenoxy) is 1. The number of imidazole rings is 1. The molecule has 1 fully saturated rings. The Labute approximate surface area is 182 Å². The fraction of sp³-hybridized carbons (Fsp3) is 0.429. The highest BCUT2D eigenvalue weighted by molar-refractivity contribution is 6.31. The van der Waals surface area contributed by atoms with Crippen LogP contribution in [0, 0.1) is 12.8 Å². The largest absolute Gasteiger partial charge is 0.345 e. The summed E-state index contributed by atoms with van der Waals surface area (Å²) in [5.74, 6) is 0.692. The summed E-state index contributed by atoms with van der Waals surface area (Å²) in [7, 11) is 0. The number of aryl methyl sites for hydroxylation is 1. The lowest BCUT2D eigenvalue weighted by Gasteiger charge is -2.20. The summed E-state index contributed by atoms with van der Waals surface area (Å²) in [5, 5.41) is 3.53. The fourth-order valence-electron chi connectivity index (χ4n) is 3.51. The smallest absolute Gasteiger partial charge is 0.341 e. The van der Waals surface area contributed by atoms with Gasteiger partial charge in [0.15, 0.2) is 0 Å². The number of fused-ring (bicyclic) bond motifs is 1. The Hall–Kier alpha value is -2.65. The molecule has 31 heavy (non-hydrogen) atoms. The second-order valence-electron chi connectivity index (χ2n) is 7.63. The van der Waals surface area contributed by atoms with Crippen LogP contribution in [0.1, 0.15) is 47.3 Å². The molecule has 4 rings (SSSR count). The summed E-state index contributed by atoms with van der Waals surface area (Å²) in [6.07, 6.45) is 5.81. The molecular formula is C21H22ClF2N5O2. The van der Waals surface area contributed by atoms with Crippen molar-refractivity contribution in [3.8, 4) is 0 Å². The SMILES string of the molecule is Cc1cnc(C(=O)N[C@@H](CC2CC2)c2nc3cc(Cl)ccc3n2CCOC(F)F)cn1. The van der Waals surface area contributed by atoms with Crippen LogP contribution < -0.4 is 5.32 Å². The van der Waals surface area contributed by atoms with Crippen molar-refractivity contribution < 1.29 is 18.3 Å². The van der Waals surface area contributed by atoms with Crippen molar-refractivity contribution in [2.75, 3.05) is 6.61 Å². The Morgan fingerprint density at radius 1 is 1.32 bits per heavy atom. The number of nitrogens with one attached hydrogen (secondary N) is 1. The first-order valence-electron chi connectivity index (χ1n) is 10.1. The first-order valence-corrected chi connectivity index (χ1v) is 10.4. The minimum Gasteiger partial charge on any atom is -0.341 e. The quantitative estimate of drug-likeness (QED) is 0.526. The molecule has 1 saturated carbocycles. The number of nitrogens with zero attached hydrogens (tertiary/aromatic N) is 4. The molecule has 2 heterocycles. The summed E-state index contributed by atoms with van der Waals surface area (Å²) >= 11 is 6.12. The third-order valence-electron chi connectivity index (χ3n) is 5.20. The van der Waals surface area contributed by atoms with Gasteiger partial charge in [0, 0.05) is 17.8 Å². The van der Waals surface area contributed by atoms with Gasteiger partial charge in [0.05, 0.1) is 35.6 Å². The molecule has 164 valence electrons. The molecular weight excluding hydrogens is 428 g/mol. The Balaban J connectivity index is 1.66. The zero-order chi connectivity index (χ0) is 22.0. The van der Waals surface area contributed by atoms with Crippen LogP contribution in [0.4, 0.5) is 8.78 Å². The molecule has 7 nitrogen and oxygen atoms in total. The minimum atomic E-state index is -2.85. The van der Waals surface area contributed by atoms with Crippen LogP contribution in [-0.4, -0.2) is 38.6 Å². The maximum absolute atomic E-state index is 12.8. The van der Waals surface area contributed by atoms with E-state index >= 15 is 0 Å². The van der Waals surface area contributed by atoms with E-state index in [4.69, 9.17) is 16.6 Å². The lowest BCUT2D eigenvalue weighted by atomic mass is 10.1. The number of carbonyl (C=O) groups excluding carboxylic acids is 1. The fourth-order valence-corrected chi connectivity index (χ4v) is 3.68. The van der Waals surface area contributed by atoms with Crippen molar-refractivity contribution in [2.24, 2.45) is 5.92 Å². The van der Waals surface area contributed by atoms with Crippen molar-refractivity contribution >= 4 is 28.5 Å². The Morgan fingerprint density at radius 3 is 2.81 bits per heavy atom. The van der Waals surface area contributed by atoms with Gasteiger partial charge in [0.25, 0.3) is 5.91 Å². The van der Waals surface area contributed by atoms with E-state index in [-0.39, 0.29) is 24.8 Å². The maximum atomic E-state index is 12.8. The number of rotatable bonds is 9. The van der Waals surface area contributed by atoms with E-state index < -0.39 is 12.7 Å². The number of carbonyl (C=O) groups is 1. The highest BCUT2D eigenvalue weighted by atomic mass is 35.5. The average molecular weight is 450 g/mol. The molecule has 0 bridgehead atoms. The van der Waals surface area contributed by atoms with Gasteiger partial charge in [-0.3, -0.25) is 9.78 Å². The van der Waals surface area contributed by atoms with E-state index in [0.29, 0.717) is 34.4 Å². The molecule has 1 amide bonds. The van der Waals surface area contributed by atoms with Gasteiger partial charge in [0.1, 0.15) is 11.5 Å². The van der Waals surface area contributed by atoms with Crippen LogP contribution in [0.3, 0.4) is 0 Å². The molecule has 0 aliphatic heterocycles. The van der Waals surface area contributed by atoms with Gasteiger partial charge in [-0.25, -0.2) is 9.97 Å². The molecule has 0 unspecified atom stereocenters. The first-order chi connectivity index (χ1) is 14.9. The normalized spacial score (nSPS) is 14.9. The lowest BCUT2D eigenvalue weighted by Crippen LogP contribution is -2.32. The molecule has 10 heteroatoms. The number of hydrogen-bond donors (Lipinski definition) is 1. The van der Waals surface area contributed by atoms with Crippen molar-refractivity contribution in [3.05, 3.63) is 52.8 Å². The number of amides is 1. The predicted octanol–water partition coefficient (Wildman–Crippen LogP) is 4.30. The molecule has 1 atom stereocenters. The lowest BCUT2D eigenvalue weighted by molar-refractivity contribution is -0.130. The van der Waals surface area contributed by atoms with Crippen LogP contribution in [-0.2, 0) is 11.3 Å². The van der Waals surface area contributed by atoms with Gasteiger partial charge in [0.2, 0.25) is 0 Å². The standard InChI is InChI=1S/C21H22ClF2N5O2/c1-12-10-26-17(11-25-12)20(30)28-16(8-13-2-3-13)19-27-15-9-14(22)4-5-18(15)29(19)6-7-31-21(23)24/h4-5,9-11,13,16,21H,2-3,6-8H2,1H3,(H,28,30)/t16-/m0/s1. The van der Waals surface area contributed by atoms with Crippen molar-refractivity contribution in [3.63, 3.8) is 0 Å². The van der Waals surface area contributed by atoms with Gasteiger partial charge >= 0.3 is 6.61 Å². The molecule has 1 aromatic carbocycles. The van der Waals surface area contributed by atoms with Crippen molar-refractivity contribution in [1.29, 1.82) is 0 Å². The Morgan fingerprint density at radius 2 is 2.13 bits per heavy atom. The summed E-state index contributed by atoms with van der Waals surface area (Å²) in [5.41, 5.74) is 2.29. The van der Waals surface area contributed by atoms with Crippen LogP contribution >= 0.6 is 11.6 Å². The summed E-state index contributed by atoms with van der Waals surface area (Å²) in [6, 6.07) is 4.81. The number of benzene rings is 1. The highest BCUT2D eigenvalue weighted by Gasteiger charge is 2.31. The van der Waals surface area contributed by atoms with Crippen LogP contribution in [0.15, 0.2) is 30.6 Å². The molecule has 3 aromatic rings. The van der Waals surface area contributed by atoms with Crippen molar-refractivity contribution in [2.45, 2.75) is 45.4 Å². The van der Waals surface area contributed by atoms with Gasteiger partial charge in [-0.05, 0) is 37.5 Å². The summed E-state index contributed by atoms with van der Waals surface area (Å²) in [6.45, 7) is -1.08. The van der Waals surface area contributed by atoms with Crippen LogP contribution in [0.2, 0.25) is 5.02 Å². The van der Waals surface area contributed by atoms with Crippen molar-refractivity contribution in [1.82, 2.24) is 24.8 Å². The minimum absolute atomic E-state index is 0.166. The van der Waals surface area contributed by atoms with Gasteiger partial charge in [-0.15, -0.1) is 0 Å². The first kappa shape index (κ1) is 21.6. The molecule has 2 aromatic heterocycles. The molecule has 0 radical (unpaired) electrons. The van der Waals surface area contributed by atoms with E-state index in [2.05, 4.69) is 20.0 Å². The van der Waals surface area contributed by atoms with Gasteiger partial charge < -0.3 is 14.6 Å². The molecule has 1 aliphatic rings. The van der Waals surface area contributed by atoms with Gasteiger partial charge in [-0.2, -0.15) is 8.78 Å². The number of alkyl halides is 2. The molecule has 0 saturated heterocycles. The Kier molecular flexibility index (Phi) is 6.43. The predicted molar refractivity (Wildman–Crippen MR) is 111 cm³/mol. The highest BCUT2D eigenvalue weighted by Crippen LogP contribution is 2.38. The van der Waals surface area contributed by atoms with E-state index in [1.165, 1.54) is 12.4 Å². The monoisotopic (exact) mass is 449 g/mol. The van der Waals surface area contributed by atoms with E-state index in [1.807, 2.05) is 4.57 Å². The topological polar surface area (TPSA) is 81.9 Å². The van der Waals surface area contributed by atoms with Crippen LogP contribution in [0.25, 0.3) is 11.0 Å². The summed E-state index contributed by atoms with van der Waals surface area (Å²) in [4.78, 5) is 25.8. The zero-order valence-corrected chi connectivity index (χ0v) is 17.6. The second kappa shape index (κ2) is 9.23. The Bertz CT molecular complexity index is 1070. The van der Waals surface area contributed by atoms with E-state index in [9.17, 15) is 13.6 Å². The van der Waals surface area contributed by atoms with E-state index in [1.54, 1.807) is 25.1 Å². The average Bonchev–Trinajstić information content (AvgIpc) is 3.47. The number of hydrogen-bond acceptors (Lipinski definition) is 5. The van der Waals surface area contributed by atoms with Crippen LogP contribution in [0.5, 0.6) is 0 Å². The third kappa shape index (κ3) is 5.34. The maximum Gasteiger partial charge on any atom is 0.345 e. The molecule has 1 aliphatic carbocycles. The molecule has 1 N–H and O–H groups in total. The van der Waals surface area contributed by atoms with E-state index in [0.717, 1.165) is 18.4 Å². The third-order valence-corrected chi connectivity index (χ3v) is 5.43. The number of halogens is 3. The van der Waals surface area contributed by atoms with Gasteiger partial charge in [-0.1, -0.05) is 24.4 Å². The summed E-state index contributed by atoms with van der Waals surface area (Å²) < 4.78 is 31.3. The second-order valence-corrected chi connectivity index (χ2v) is 8.07.